The third-order valence-electron chi connectivity index (χ3n) is 2.56. The molecule has 0 heterocycles. The molecule has 0 aromatic rings. The Morgan fingerprint density at radius 3 is 2.44 bits per heavy atom. The fraction of sp³-hybridized carbons (Fsp3) is 0.692. The number of carbonyl (C=O) groups excluding carboxylic acids is 1. The maximum Gasteiger partial charge on any atom is 0.323 e. The first kappa shape index (κ1) is 16.5. The van der Waals surface area contributed by atoms with Crippen LogP contribution in [0.1, 0.15) is 26.7 Å². The summed E-state index contributed by atoms with van der Waals surface area (Å²) in [6.07, 6.45) is 6.23. The number of carboxylic acids is 1. The highest BCUT2D eigenvalue weighted by Gasteiger charge is 2.20. The predicted molar refractivity (Wildman–Crippen MR) is 69.7 cm³/mol. The molecule has 18 heavy (non-hydrogen) atoms. The monoisotopic (exact) mass is 254 g/mol. The molecule has 0 rings (SSSR count). The van der Waals surface area contributed by atoms with Crippen molar-refractivity contribution >= 4 is 11.9 Å². The third-order valence-corrected chi connectivity index (χ3v) is 2.56. The number of hydrogen-bond donors (Lipinski definition) is 2. The van der Waals surface area contributed by atoms with E-state index in [1.807, 2.05) is 0 Å². The summed E-state index contributed by atoms with van der Waals surface area (Å²) in [6.45, 7) is 4.19. The van der Waals surface area contributed by atoms with Crippen molar-refractivity contribution in [3.05, 3.63) is 0 Å². The van der Waals surface area contributed by atoms with Gasteiger partial charge in [-0.15, -0.1) is 6.42 Å². The molecule has 1 unspecified atom stereocenters. The van der Waals surface area contributed by atoms with Crippen molar-refractivity contribution in [2.75, 3.05) is 19.6 Å². The molecule has 0 aliphatic rings. The number of amides is 1. The first-order valence-electron chi connectivity index (χ1n) is 6.03. The van der Waals surface area contributed by atoms with E-state index in [9.17, 15) is 9.59 Å². The van der Waals surface area contributed by atoms with E-state index in [0.29, 0.717) is 12.5 Å². The SMILES string of the molecule is C#CCN(CC(=O)O)C(=O)CC(CN)CC(C)C. The lowest BCUT2D eigenvalue weighted by Crippen LogP contribution is -2.37. The van der Waals surface area contributed by atoms with Crippen LogP contribution in [-0.2, 0) is 9.59 Å². The Bertz CT molecular complexity index is 321. The molecule has 0 spiro atoms. The maximum absolute atomic E-state index is 11.9. The average molecular weight is 254 g/mol. The van der Waals surface area contributed by atoms with Crippen molar-refractivity contribution < 1.29 is 14.7 Å². The highest BCUT2D eigenvalue weighted by atomic mass is 16.4. The van der Waals surface area contributed by atoms with Crippen molar-refractivity contribution in [1.29, 1.82) is 0 Å². The standard InChI is InChI=1S/C13H22N2O3/c1-4-5-15(9-13(17)18)12(16)7-11(8-14)6-10(2)3/h1,10-11H,5-9,14H2,2-3H3,(H,17,18). The molecule has 0 aliphatic heterocycles. The Morgan fingerprint density at radius 2 is 2.06 bits per heavy atom. The second kappa shape index (κ2) is 8.54. The molecule has 0 saturated heterocycles. The van der Waals surface area contributed by atoms with Gasteiger partial charge in [-0.05, 0) is 24.8 Å². The summed E-state index contributed by atoms with van der Waals surface area (Å²) in [4.78, 5) is 23.7. The molecule has 3 N–H and O–H groups in total. The number of terminal acetylenes is 1. The zero-order chi connectivity index (χ0) is 14.1. The summed E-state index contributed by atoms with van der Waals surface area (Å²) in [5.74, 6) is 1.52. The maximum atomic E-state index is 11.9. The summed E-state index contributed by atoms with van der Waals surface area (Å²) >= 11 is 0. The zero-order valence-corrected chi connectivity index (χ0v) is 11.1. The molecule has 0 fully saturated rings. The molecule has 0 radical (unpaired) electrons. The minimum Gasteiger partial charge on any atom is -0.480 e. The number of nitrogens with two attached hydrogens (primary N) is 1. The van der Waals surface area contributed by atoms with Gasteiger partial charge < -0.3 is 15.7 Å². The van der Waals surface area contributed by atoms with E-state index in [-0.39, 0.29) is 31.3 Å². The Balaban J connectivity index is 4.47. The van der Waals surface area contributed by atoms with Crippen molar-refractivity contribution in [2.45, 2.75) is 26.7 Å². The lowest BCUT2D eigenvalue weighted by molar-refractivity contribution is -0.144. The van der Waals surface area contributed by atoms with E-state index < -0.39 is 5.97 Å². The number of rotatable bonds is 8. The topological polar surface area (TPSA) is 83.6 Å². The molecule has 5 heteroatoms. The molecule has 5 nitrogen and oxygen atoms in total. The number of hydrogen-bond acceptors (Lipinski definition) is 3. The van der Waals surface area contributed by atoms with E-state index in [2.05, 4.69) is 19.8 Å². The summed E-state index contributed by atoms with van der Waals surface area (Å²) < 4.78 is 0. The van der Waals surface area contributed by atoms with Crippen molar-refractivity contribution in [2.24, 2.45) is 17.6 Å². The fourth-order valence-corrected chi connectivity index (χ4v) is 1.81. The van der Waals surface area contributed by atoms with Crippen LogP contribution in [0.3, 0.4) is 0 Å². The van der Waals surface area contributed by atoms with Crippen molar-refractivity contribution in [3.63, 3.8) is 0 Å². The van der Waals surface area contributed by atoms with Gasteiger partial charge >= 0.3 is 5.97 Å². The molecule has 0 aliphatic carbocycles. The van der Waals surface area contributed by atoms with Gasteiger partial charge in [0.2, 0.25) is 5.91 Å². The molecular weight excluding hydrogens is 232 g/mol. The highest BCUT2D eigenvalue weighted by molar-refractivity contribution is 5.81. The van der Waals surface area contributed by atoms with Crippen LogP contribution in [0.5, 0.6) is 0 Å². The number of carbonyl (C=O) groups is 2. The molecule has 0 aromatic carbocycles. The van der Waals surface area contributed by atoms with Gasteiger partial charge in [-0.2, -0.15) is 0 Å². The van der Waals surface area contributed by atoms with E-state index in [0.717, 1.165) is 6.42 Å². The molecule has 0 bridgehead atoms. The molecule has 0 aromatic heterocycles. The largest absolute Gasteiger partial charge is 0.480 e. The van der Waals surface area contributed by atoms with Gasteiger partial charge in [-0.3, -0.25) is 9.59 Å². The van der Waals surface area contributed by atoms with Gasteiger partial charge in [-0.1, -0.05) is 19.8 Å². The van der Waals surface area contributed by atoms with Gasteiger partial charge in [0, 0.05) is 6.42 Å². The van der Waals surface area contributed by atoms with Gasteiger partial charge in [0.05, 0.1) is 6.54 Å². The smallest absolute Gasteiger partial charge is 0.323 e. The Hall–Kier alpha value is -1.54. The zero-order valence-electron chi connectivity index (χ0n) is 11.1. The van der Waals surface area contributed by atoms with Gasteiger partial charge in [0.15, 0.2) is 0 Å². The fourth-order valence-electron chi connectivity index (χ4n) is 1.81. The van der Waals surface area contributed by atoms with Crippen molar-refractivity contribution in [1.82, 2.24) is 4.90 Å². The quantitative estimate of drug-likeness (QED) is 0.619. The highest BCUT2D eigenvalue weighted by Crippen LogP contribution is 2.15. The Labute approximate surface area is 108 Å². The Kier molecular flexibility index (Phi) is 7.81. The molecule has 1 atom stereocenters. The van der Waals surface area contributed by atoms with Crippen LogP contribution in [0, 0.1) is 24.2 Å². The molecule has 102 valence electrons. The second-order valence-electron chi connectivity index (χ2n) is 4.78. The summed E-state index contributed by atoms with van der Waals surface area (Å²) in [5, 5.41) is 8.71. The van der Waals surface area contributed by atoms with Crippen LogP contribution in [0.2, 0.25) is 0 Å². The summed E-state index contributed by atoms with van der Waals surface area (Å²) in [6, 6.07) is 0. The van der Waals surface area contributed by atoms with E-state index in [4.69, 9.17) is 17.3 Å². The summed E-state index contributed by atoms with van der Waals surface area (Å²) in [5.41, 5.74) is 5.62. The first-order chi connectivity index (χ1) is 8.40. The third kappa shape index (κ3) is 6.92. The van der Waals surface area contributed by atoms with E-state index in [1.165, 1.54) is 4.90 Å². The normalized spacial score (nSPS) is 11.9. The minimum absolute atomic E-state index is 0.0180. The van der Waals surface area contributed by atoms with E-state index >= 15 is 0 Å². The molecule has 0 saturated carbocycles. The van der Waals surface area contributed by atoms with Crippen LogP contribution < -0.4 is 5.73 Å². The number of aliphatic carboxylic acids is 1. The van der Waals surface area contributed by atoms with Crippen LogP contribution in [-0.4, -0.2) is 41.5 Å². The predicted octanol–water partition coefficient (Wildman–Crippen LogP) is 0.544. The second-order valence-corrected chi connectivity index (χ2v) is 4.78. The van der Waals surface area contributed by atoms with Crippen molar-refractivity contribution in [3.8, 4) is 12.3 Å². The Morgan fingerprint density at radius 1 is 1.44 bits per heavy atom. The molecule has 1 amide bonds. The molecular formula is C13H22N2O3. The first-order valence-corrected chi connectivity index (χ1v) is 6.03. The van der Waals surface area contributed by atoms with Crippen LogP contribution >= 0.6 is 0 Å². The van der Waals surface area contributed by atoms with Gasteiger partial charge in [0.25, 0.3) is 0 Å². The number of nitrogens with zero attached hydrogens (tertiary/aromatic N) is 1. The lowest BCUT2D eigenvalue weighted by atomic mass is 9.94. The van der Waals surface area contributed by atoms with Crippen LogP contribution in [0.25, 0.3) is 0 Å². The average Bonchev–Trinajstić information content (AvgIpc) is 2.26. The summed E-state index contributed by atoms with van der Waals surface area (Å²) in [7, 11) is 0. The number of carboxylic acid groups (broad SMARTS) is 1. The van der Waals surface area contributed by atoms with Crippen LogP contribution in [0.15, 0.2) is 0 Å². The van der Waals surface area contributed by atoms with Gasteiger partial charge in [-0.25, -0.2) is 0 Å². The minimum atomic E-state index is -1.06. The van der Waals surface area contributed by atoms with E-state index in [1.54, 1.807) is 0 Å². The lowest BCUT2D eigenvalue weighted by Gasteiger charge is -2.22. The van der Waals surface area contributed by atoms with Crippen LogP contribution in [0.4, 0.5) is 0 Å². The van der Waals surface area contributed by atoms with Gasteiger partial charge in [0.1, 0.15) is 6.54 Å².